The number of carboxylic acid groups (broad SMARTS) is 1. The number of aliphatic hydroxyl groups is 1. The molecule has 6 nitrogen and oxygen atoms in total. The summed E-state index contributed by atoms with van der Waals surface area (Å²) in [7, 11) is 0. The number of hydrogen-bond acceptors (Lipinski definition) is 5. The number of nitrogens with zero attached hydrogens (tertiary/aromatic N) is 2. The van der Waals surface area contributed by atoms with Crippen molar-refractivity contribution in [2.24, 2.45) is 0 Å². The highest BCUT2D eigenvalue weighted by atomic mass is 16.4. The van der Waals surface area contributed by atoms with Crippen molar-refractivity contribution in [2.45, 2.75) is 25.9 Å². The number of hydrogen-bond donors (Lipinski definition) is 3. The van der Waals surface area contributed by atoms with E-state index in [-0.39, 0.29) is 5.56 Å². The first-order valence-electron chi connectivity index (χ1n) is 6.51. The number of aromatic nitrogens is 2. The van der Waals surface area contributed by atoms with Crippen molar-refractivity contribution < 1.29 is 15.0 Å². The van der Waals surface area contributed by atoms with Gasteiger partial charge in [0.15, 0.2) is 0 Å². The predicted octanol–water partition coefficient (Wildman–Crippen LogP) is 1.90. The summed E-state index contributed by atoms with van der Waals surface area (Å²) in [4.78, 5) is 19.1. The van der Waals surface area contributed by atoms with E-state index in [2.05, 4.69) is 15.3 Å². The number of aliphatic hydroxyl groups excluding tert-OH is 1. The highest BCUT2D eigenvalue weighted by molar-refractivity contribution is 5.96. The molecule has 0 aliphatic carbocycles. The van der Waals surface area contributed by atoms with Crippen LogP contribution in [0.15, 0.2) is 24.5 Å². The zero-order valence-electron chi connectivity index (χ0n) is 11.2. The van der Waals surface area contributed by atoms with Crippen LogP contribution in [0.5, 0.6) is 0 Å². The molecule has 1 heterocycles. The van der Waals surface area contributed by atoms with Crippen LogP contribution >= 0.6 is 0 Å². The first-order chi connectivity index (χ1) is 9.61. The van der Waals surface area contributed by atoms with Crippen molar-refractivity contribution in [1.29, 1.82) is 0 Å². The summed E-state index contributed by atoms with van der Waals surface area (Å²) in [5.74, 6) is -0.388. The van der Waals surface area contributed by atoms with Crippen LogP contribution in [0.25, 0.3) is 10.9 Å². The molecule has 0 spiro atoms. The van der Waals surface area contributed by atoms with Crippen LogP contribution in [-0.4, -0.2) is 38.8 Å². The topological polar surface area (TPSA) is 95.3 Å². The number of nitrogens with one attached hydrogen (secondary N) is 1. The van der Waals surface area contributed by atoms with Gasteiger partial charge in [-0.05, 0) is 24.6 Å². The summed E-state index contributed by atoms with van der Waals surface area (Å²) >= 11 is 0. The van der Waals surface area contributed by atoms with Gasteiger partial charge in [0.05, 0.1) is 17.2 Å². The Hall–Kier alpha value is -2.21. The van der Waals surface area contributed by atoms with E-state index in [0.717, 1.165) is 18.2 Å². The molecule has 0 aliphatic rings. The molecule has 0 radical (unpaired) electrons. The van der Waals surface area contributed by atoms with E-state index >= 15 is 0 Å². The molecule has 20 heavy (non-hydrogen) atoms. The Morgan fingerprint density at radius 1 is 1.40 bits per heavy atom. The molecule has 0 bridgehead atoms. The van der Waals surface area contributed by atoms with E-state index in [1.54, 1.807) is 6.07 Å². The largest absolute Gasteiger partial charge is 0.478 e. The third-order valence-electron chi connectivity index (χ3n) is 3.01. The first-order valence-corrected chi connectivity index (χ1v) is 6.51. The Morgan fingerprint density at radius 2 is 2.20 bits per heavy atom. The molecule has 1 aromatic heterocycles. The third-order valence-corrected chi connectivity index (χ3v) is 3.01. The van der Waals surface area contributed by atoms with Gasteiger partial charge in [0.1, 0.15) is 12.1 Å². The van der Waals surface area contributed by atoms with Crippen LogP contribution in [-0.2, 0) is 0 Å². The highest BCUT2D eigenvalue weighted by Crippen LogP contribution is 2.20. The number of rotatable bonds is 6. The van der Waals surface area contributed by atoms with E-state index in [9.17, 15) is 9.90 Å². The molecule has 2 rings (SSSR count). The SMILES string of the molecule is CCCC(O)CNc1ncnc2cc(C(=O)O)ccc12. The maximum Gasteiger partial charge on any atom is 0.335 e. The number of benzene rings is 1. The molecule has 1 atom stereocenters. The second-order valence-electron chi connectivity index (χ2n) is 4.58. The summed E-state index contributed by atoms with van der Waals surface area (Å²) in [6, 6.07) is 4.70. The van der Waals surface area contributed by atoms with E-state index in [4.69, 9.17) is 5.11 Å². The van der Waals surface area contributed by atoms with Gasteiger partial charge in [-0.25, -0.2) is 14.8 Å². The van der Waals surface area contributed by atoms with Crippen molar-refractivity contribution in [3.05, 3.63) is 30.1 Å². The lowest BCUT2D eigenvalue weighted by Gasteiger charge is -2.12. The van der Waals surface area contributed by atoms with Crippen molar-refractivity contribution in [1.82, 2.24) is 9.97 Å². The minimum Gasteiger partial charge on any atom is -0.478 e. The predicted molar refractivity (Wildman–Crippen MR) is 75.9 cm³/mol. The summed E-state index contributed by atoms with van der Waals surface area (Å²) in [6.07, 6.45) is 2.58. The van der Waals surface area contributed by atoms with Gasteiger partial charge in [-0.1, -0.05) is 13.3 Å². The van der Waals surface area contributed by atoms with Gasteiger partial charge in [-0.3, -0.25) is 0 Å². The van der Waals surface area contributed by atoms with E-state index in [1.165, 1.54) is 18.5 Å². The Kier molecular flexibility index (Phi) is 4.47. The Labute approximate surface area is 116 Å². The van der Waals surface area contributed by atoms with E-state index in [1.807, 2.05) is 6.92 Å². The second kappa shape index (κ2) is 6.29. The van der Waals surface area contributed by atoms with E-state index in [0.29, 0.717) is 17.9 Å². The first kappa shape index (κ1) is 14.2. The quantitative estimate of drug-likeness (QED) is 0.745. The number of carbonyl (C=O) groups is 1. The van der Waals surface area contributed by atoms with E-state index < -0.39 is 12.1 Å². The molecule has 106 valence electrons. The molecule has 6 heteroatoms. The minimum absolute atomic E-state index is 0.188. The summed E-state index contributed by atoms with van der Waals surface area (Å²) in [6.45, 7) is 2.41. The Bertz CT molecular complexity index is 616. The Balaban J connectivity index is 2.24. The molecule has 3 N–H and O–H groups in total. The summed E-state index contributed by atoms with van der Waals surface area (Å²) in [5, 5.41) is 22.5. The van der Waals surface area contributed by atoms with Crippen LogP contribution < -0.4 is 5.32 Å². The normalized spacial score (nSPS) is 12.3. The fourth-order valence-electron chi connectivity index (χ4n) is 1.98. The Morgan fingerprint density at radius 3 is 2.90 bits per heavy atom. The molecule has 1 aromatic carbocycles. The average molecular weight is 275 g/mol. The highest BCUT2D eigenvalue weighted by Gasteiger charge is 2.09. The molecule has 0 saturated heterocycles. The van der Waals surface area contributed by atoms with Crippen molar-refractivity contribution in [3.8, 4) is 0 Å². The standard InChI is InChI=1S/C14H17N3O3/c1-2-3-10(18)7-15-13-11-5-4-9(14(19)20)6-12(11)16-8-17-13/h4-6,8,10,18H,2-3,7H2,1H3,(H,19,20)(H,15,16,17). The zero-order valence-corrected chi connectivity index (χ0v) is 11.2. The van der Waals surface area contributed by atoms with Crippen LogP contribution in [0.2, 0.25) is 0 Å². The van der Waals surface area contributed by atoms with Gasteiger partial charge >= 0.3 is 5.97 Å². The average Bonchev–Trinajstić information content (AvgIpc) is 2.44. The molecular formula is C14H17N3O3. The van der Waals surface area contributed by atoms with Gasteiger partial charge in [0.25, 0.3) is 0 Å². The van der Waals surface area contributed by atoms with Crippen LogP contribution in [0.3, 0.4) is 0 Å². The molecule has 0 saturated carbocycles. The second-order valence-corrected chi connectivity index (χ2v) is 4.58. The van der Waals surface area contributed by atoms with Gasteiger partial charge in [-0.2, -0.15) is 0 Å². The zero-order chi connectivity index (χ0) is 14.5. The van der Waals surface area contributed by atoms with Gasteiger partial charge < -0.3 is 15.5 Å². The maximum atomic E-state index is 10.9. The third kappa shape index (κ3) is 3.21. The molecule has 0 aliphatic heterocycles. The number of anilines is 1. The lowest BCUT2D eigenvalue weighted by molar-refractivity contribution is 0.0697. The lowest BCUT2D eigenvalue weighted by atomic mass is 10.1. The molecule has 0 amide bonds. The monoisotopic (exact) mass is 275 g/mol. The fourth-order valence-corrected chi connectivity index (χ4v) is 1.98. The lowest BCUT2D eigenvalue weighted by Crippen LogP contribution is -2.19. The van der Waals surface area contributed by atoms with Gasteiger partial charge in [0.2, 0.25) is 0 Å². The van der Waals surface area contributed by atoms with Gasteiger partial charge in [0, 0.05) is 11.9 Å². The summed E-state index contributed by atoms with van der Waals surface area (Å²) in [5.41, 5.74) is 0.751. The summed E-state index contributed by atoms with van der Waals surface area (Å²) < 4.78 is 0. The van der Waals surface area contributed by atoms with Crippen LogP contribution in [0.4, 0.5) is 5.82 Å². The number of carboxylic acids is 1. The van der Waals surface area contributed by atoms with Crippen LogP contribution in [0.1, 0.15) is 30.1 Å². The van der Waals surface area contributed by atoms with Crippen molar-refractivity contribution in [3.63, 3.8) is 0 Å². The number of aromatic carboxylic acids is 1. The smallest absolute Gasteiger partial charge is 0.335 e. The molecule has 1 unspecified atom stereocenters. The van der Waals surface area contributed by atoms with Crippen molar-refractivity contribution >= 4 is 22.7 Å². The fraction of sp³-hybridized carbons (Fsp3) is 0.357. The van der Waals surface area contributed by atoms with Gasteiger partial charge in [-0.15, -0.1) is 0 Å². The maximum absolute atomic E-state index is 10.9. The van der Waals surface area contributed by atoms with Crippen molar-refractivity contribution in [2.75, 3.05) is 11.9 Å². The molecule has 2 aromatic rings. The number of fused-ring (bicyclic) bond motifs is 1. The molecule has 0 fully saturated rings. The molecular weight excluding hydrogens is 258 g/mol. The van der Waals surface area contributed by atoms with Crippen LogP contribution in [0, 0.1) is 0 Å². The minimum atomic E-state index is -0.988.